The van der Waals surface area contributed by atoms with Crippen molar-refractivity contribution in [2.75, 3.05) is 11.5 Å². The smallest absolute Gasteiger partial charge is 0.294 e. The van der Waals surface area contributed by atoms with Gasteiger partial charge in [0.05, 0.1) is 14.7 Å². The van der Waals surface area contributed by atoms with Crippen LogP contribution < -0.4 is 17.2 Å². The second-order valence-corrected chi connectivity index (χ2v) is 9.34. The second kappa shape index (κ2) is 9.05. The number of hydrogen-bond acceptors (Lipinski definition) is 7. The maximum Gasteiger partial charge on any atom is 0.294 e. The highest BCUT2D eigenvalue weighted by Gasteiger charge is 2.16. The molecule has 8 nitrogen and oxygen atoms in total. The van der Waals surface area contributed by atoms with Gasteiger partial charge in [0, 0.05) is 17.9 Å². The summed E-state index contributed by atoms with van der Waals surface area (Å²) < 4.78 is 54.0. The predicted octanol–water partition coefficient (Wildman–Crippen LogP) is 2.08. The Bertz CT molecular complexity index is 1160. The molecule has 0 unspecified atom stereocenters. The monoisotopic (exact) mass is 435 g/mol. The van der Waals surface area contributed by atoms with E-state index in [1.165, 1.54) is 36.4 Å². The zero-order valence-electron chi connectivity index (χ0n) is 15.3. The molecule has 3 rings (SSSR count). The maximum atomic E-state index is 12.3. The van der Waals surface area contributed by atoms with E-state index in [1.807, 2.05) is 0 Å². The van der Waals surface area contributed by atoms with E-state index in [2.05, 4.69) is 0 Å². The lowest BCUT2D eigenvalue weighted by molar-refractivity contribution is 0.483. The second-order valence-electron chi connectivity index (χ2n) is 5.96. The molecule has 0 aliphatic carbocycles. The minimum absolute atomic E-state index is 0.147. The molecule has 0 aliphatic heterocycles. The van der Waals surface area contributed by atoms with E-state index in [0.29, 0.717) is 17.9 Å². The first-order valence-corrected chi connectivity index (χ1v) is 11.2. The van der Waals surface area contributed by atoms with Crippen LogP contribution in [0, 0.1) is 0 Å². The molecule has 0 aliphatic rings. The van der Waals surface area contributed by atoms with Gasteiger partial charge in [0.15, 0.2) is 0 Å². The molecule has 0 spiro atoms. The van der Waals surface area contributed by atoms with Gasteiger partial charge in [-0.25, -0.2) is 8.42 Å². The van der Waals surface area contributed by atoms with Crippen molar-refractivity contribution in [2.45, 2.75) is 21.2 Å². The van der Waals surface area contributed by atoms with E-state index < -0.39 is 20.0 Å². The molecule has 7 N–H and O–H groups in total. The van der Waals surface area contributed by atoms with Crippen LogP contribution in [0.15, 0.2) is 87.5 Å². The standard InChI is InChI=1S/C13H14N2O2S.C6H7NO3S/c14-9-10-1-5-12(6-2-10)18(16,17)13-7-3-11(15)4-8-13;7-5-1-3-6(4-2-5)11(8,9)10/h1-8H,9,14-15H2;1-4H,7H2,(H,8,9,10). The molecule has 0 saturated heterocycles. The zero-order chi connectivity index (χ0) is 21.7. The summed E-state index contributed by atoms with van der Waals surface area (Å²) in [7, 11) is -7.55. The van der Waals surface area contributed by atoms with Crippen molar-refractivity contribution in [3.05, 3.63) is 78.4 Å². The SMILES string of the molecule is NCc1ccc(S(=O)(=O)c2ccc(N)cc2)cc1.Nc1ccc(S(=O)(=O)O)cc1. The molecule has 10 heteroatoms. The third-order valence-corrected chi connectivity index (χ3v) is 6.49. The van der Waals surface area contributed by atoms with Crippen LogP contribution in [0.1, 0.15) is 5.56 Å². The Labute approximate surface area is 169 Å². The first kappa shape index (κ1) is 22.4. The number of hydrogen-bond donors (Lipinski definition) is 4. The molecule has 154 valence electrons. The average Bonchev–Trinajstić information content (AvgIpc) is 2.68. The molecule has 0 saturated carbocycles. The van der Waals surface area contributed by atoms with Gasteiger partial charge in [-0.15, -0.1) is 0 Å². The van der Waals surface area contributed by atoms with E-state index in [4.69, 9.17) is 21.8 Å². The zero-order valence-corrected chi connectivity index (χ0v) is 16.9. The fourth-order valence-electron chi connectivity index (χ4n) is 2.23. The molecule has 0 aromatic heterocycles. The van der Waals surface area contributed by atoms with E-state index in [9.17, 15) is 16.8 Å². The van der Waals surface area contributed by atoms with Gasteiger partial charge in [0.1, 0.15) is 0 Å². The molecule has 0 amide bonds. The third-order valence-electron chi connectivity index (χ3n) is 3.84. The van der Waals surface area contributed by atoms with Crippen molar-refractivity contribution < 1.29 is 21.4 Å². The summed E-state index contributed by atoms with van der Waals surface area (Å²) in [4.78, 5) is 0.341. The quantitative estimate of drug-likeness (QED) is 0.357. The van der Waals surface area contributed by atoms with Crippen LogP contribution in [0.5, 0.6) is 0 Å². The molecule has 3 aromatic rings. The van der Waals surface area contributed by atoms with Gasteiger partial charge >= 0.3 is 0 Å². The van der Waals surface area contributed by atoms with Crippen molar-refractivity contribution in [1.29, 1.82) is 0 Å². The normalized spacial score (nSPS) is 11.4. The van der Waals surface area contributed by atoms with Crippen LogP contribution in [0.2, 0.25) is 0 Å². The summed E-state index contributed by atoms with van der Waals surface area (Å²) in [6.45, 7) is 0.391. The number of nitrogens with two attached hydrogens (primary N) is 3. The lowest BCUT2D eigenvalue weighted by atomic mass is 10.2. The molecule has 0 heterocycles. The van der Waals surface area contributed by atoms with Crippen LogP contribution in [0.4, 0.5) is 11.4 Å². The highest BCUT2D eigenvalue weighted by molar-refractivity contribution is 7.91. The lowest BCUT2D eigenvalue weighted by Gasteiger charge is -2.05. The summed E-state index contributed by atoms with van der Waals surface area (Å²) in [5.41, 5.74) is 18.2. The van der Waals surface area contributed by atoms with Crippen molar-refractivity contribution >= 4 is 31.3 Å². The molecule has 0 fully saturated rings. The summed E-state index contributed by atoms with van der Waals surface area (Å²) in [5.74, 6) is 0. The van der Waals surface area contributed by atoms with Crippen molar-refractivity contribution in [3.8, 4) is 0 Å². The Balaban J connectivity index is 0.000000234. The lowest BCUT2D eigenvalue weighted by Crippen LogP contribution is -2.03. The highest BCUT2D eigenvalue weighted by Crippen LogP contribution is 2.21. The average molecular weight is 436 g/mol. The van der Waals surface area contributed by atoms with Gasteiger partial charge < -0.3 is 17.2 Å². The van der Waals surface area contributed by atoms with E-state index >= 15 is 0 Å². The number of nitrogen functional groups attached to an aromatic ring is 2. The van der Waals surface area contributed by atoms with Crippen molar-refractivity contribution in [1.82, 2.24) is 0 Å². The summed E-state index contributed by atoms with van der Waals surface area (Å²) in [6.07, 6.45) is 0. The Hall–Kier alpha value is -2.92. The molecule has 0 atom stereocenters. The Morgan fingerprint density at radius 3 is 1.31 bits per heavy atom. The first-order chi connectivity index (χ1) is 13.5. The molecular weight excluding hydrogens is 414 g/mol. The Morgan fingerprint density at radius 2 is 0.966 bits per heavy atom. The van der Waals surface area contributed by atoms with Gasteiger partial charge in [-0.2, -0.15) is 8.42 Å². The molecule has 0 bridgehead atoms. The molecule has 29 heavy (non-hydrogen) atoms. The maximum absolute atomic E-state index is 12.3. The summed E-state index contributed by atoms with van der Waals surface area (Å²) in [6, 6.07) is 18.0. The first-order valence-electron chi connectivity index (χ1n) is 8.26. The minimum atomic E-state index is -4.08. The fourth-order valence-corrected chi connectivity index (χ4v) is 3.97. The number of sulfone groups is 1. The number of rotatable bonds is 4. The number of benzene rings is 3. The molecule has 3 aromatic carbocycles. The summed E-state index contributed by atoms with van der Waals surface area (Å²) in [5, 5.41) is 0. The van der Waals surface area contributed by atoms with Crippen LogP contribution in [0.3, 0.4) is 0 Å². The Morgan fingerprint density at radius 1 is 0.621 bits per heavy atom. The molecule has 0 radical (unpaired) electrons. The van der Waals surface area contributed by atoms with Crippen LogP contribution in [0.25, 0.3) is 0 Å². The van der Waals surface area contributed by atoms with E-state index in [-0.39, 0.29) is 14.7 Å². The predicted molar refractivity (Wildman–Crippen MR) is 111 cm³/mol. The Kier molecular flexibility index (Phi) is 6.98. The topological polar surface area (TPSA) is 167 Å². The van der Waals surface area contributed by atoms with Crippen molar-refractivity contribution in [2.24, 2.45) is 5.73 Å². The van der Waals surface area contributed by atoms with Crippen molar-refractivity contribution in [3.63, 3.8) is 0 Å². The fraction of sp³-hybridized carbons (Fsp3) is 0.0526. The van der Waals surface area contributed by atoms with Gasteiger partial charge in [0.2, 0.25) is 9.84 Å². The summed E-state index contributed by atoms with van der Waals surface area (Å²) >= 11 is 0. The van der Waals surface area contributed by atoms with E-state index in [0.717, 1.165) is 5.56 Å². The third kappa shape index (κ3) is 6.03. The van der Waals surface area contributed by atoms with Crippen LogP contribution in [-0.4, -0.2) is 21.4 Å². The van der Waals surface area contributed by atoms with Gasteiger partial charge in [-0.3, -0.25) is 4.55 Å². The van der Waals surface area contributed by atoms with Gasteiger partial charge in [-0.1, -0.05) is 12.1 Å². The number of anilines is 2. The van der Waals surface area contributed by atoms with Crippen LogP contribution >= 0.6 is 0 Å². The van der Waals surface area contributed by atoms with Gasteiger partial charge in [0.25, 0.3) is 10.1 Å². The van der Waals surface area contributed by atoms with E-state index in [1.54, 1.807) is 36.4 Å². The van der Waals surface area contributed by atoms with Gasteiger partial charge in [-0.05, 0) is 66.2 Å². The minimum Gasteiger partial charge on any atom is -0.399 e. The largest absolute Gasteiger partial charge is 0.399 e. The van der Waals surface area contributed by atoms with Crippen LogP contribution in [-0.2, 0) is 26.5 Å². The highest BCUT2D eigenvalue weighted by atomic mass is 32.2. The molecular formula is C19H21N3O5S2.